The average molecular weight is 273 g/mol. The first-order valence-corrected chi connectivity index (χ1v) is 5.97. The number of methoxy groups -OCH3 is 1. The molecule has 0 N–H and O–H groups in total. The lowest BCUT2D eigenvalue weighted by Gasteiger charge is -2.01. The average Bonchev–Trinajstić information content (AvgIpc) is 2.65. The SMILES string of the molecule is CCOC(=O)c1sc(N=S)c(C(=O)OC)c1C. The topological polar surface area (TPSA) is 65.0 Å². The molecule has 0 radical (unpaired) electrons. The first kappa shape index (κ1) is 13.7. The van der Waals surface area contributed by atoms with Crippen LogP contribution >= 0.6 is 11.3 Å². The van der Waals surface area contributed by atoms with Crippen LogP contribution in [-0.4, -0.2) is 25.7 Å². The van der Waals surface area contributed by atoms with Gasteiger partial charge < -0.3 is 9.47 Å². The molecule has 17 heavy (non-hydrogen) atoms. The quantitative estimate of drug-likeness (QED) is 0.788. The molecule has 0 aromatic carbocycles. The van der Waals surface area contributed by atoms with Gasteiger partial charge in [0.15, 0.2) is 0 Å². The molecule has 0 fully saturated rings. The van der Waals surface area contributed by atoms with Crippen molar-refractivity contribution < 1.29 is 19.1 Å². The molecular weight excluding hydrogens is 262 g/mol. The lowest BCUT2D eigenvalue weighted by atomic mass is 10.1. The summed E-state index contributed by atoms with van der Waals surface area (Å²) in [7, 11) is 1.26. The molecule has 1 rings (SSSR count). The summed E-state index contributed by atoms with van der Waals surface area (Å²) < 4.78 is 13.1. The van der Waals surface area contributed by atoms with E-state index in [0.29, 0.717) is 15.4 Å². The van der Waals surface area contributed by atoms with Crippen LogP contribution in [0.3, 0.4) is 0 Å². The molecule has 0 aliphatic heterocycles. The minimum atomic E-state index is -0.558. The van der Waals surface area contributed by atoms with Gasteiger partial charge in [-0.15, -0.1) is 11.3 Å². The van der Waals surface area contributed by atoms with Gasteiger partial charge in [0, 0.05) is 12.4 Å². The van der Waals surface area contributed by atoms with Crippen molar-refractivity contribution in [2.24, 2.45) is 4.36 Å². The predicted octanol–water partition coefficient (Wildman–Crippen LogP) is 2.38. The van der Waals surface area contributed by atoms with Crippen LogP contribution < -0.4 is 0 Å². The summed E-state index contributed by atoms with van der Waals surface area (Å²) in [5.41, 5.74) is 0.722. The van der Waals surface area contributed by atoms with Crippen LogP contribution in [0, 0.1) is 6.92 Å². The lowest BCUT2D eigenvalue weighted by molar-refractivity contribution is 0.0531. The maximum absolute atomic E-state index is 11.6. The van der Waals surface area contributed by atoms with Crippen molar-refractivity contribution in [2.45, 2.75) is 13.8 Å². The summed E-state index contributed by atoms with van der Waals surface area (Å²) in [5.74, 6) is -1.04. The monoisotopic (exact) mass is 273 g/mol. The van der Waals surface area contributed by atoms with E-state index >= 15 is 0 Å². The van der Waals surface area contributed by atoms with E-state index in [1.807, 2.05) is 0 Å². The molecule has 0 aliphatic rings. The highest BCUT2D eigenvalue weighted by molar-refractivity contribution is 7.48. The van der Waals surface area contributed by atoms with E-state index in [-0.39, 0.29) is 12.2 Å². The molecule has 1 aromatic rings. The summed E-state index contributed by atoms with van der Waals surface area (Å²) in [4.78, 5) is 23.5. The van der Waals surface area contributed by atoms with E-state index in [9.17, 15) is 9.59 Å². The molecule has 0 unspecified atom stereocenters. The molecule has 1 heterocycles. The first-order valence-electron chi connectivity index (χ1n) is 4.78. The Hall–Kier alpha value is -1.34. The Morgan fingerprint density at radius 2 is 2.06 bits per heavy atom. The zero-order valence-corrected chi connectivity index (χ0v) is 11.2. The number of rotatable bonds is 4. The van der Waals surface area contributed by atoms with Gasteiger partial charge in [0.1, 0.15) is 15.4 Å². The van der Waals surface area contributed by atoms with Crippen molar-refractivity contribution >= 4 is 40.7 Å². The second kappa shape index (κ2) is 5.83. The number of hydrogen-bond donors (Lipinski definition) is 0. The summed E-state index contributed by atoms with van der Waals surface area (Å²) in [5, 5.41) is 0.299. The van der Waals surface area contributed by atoms with Gasteiger partial charge in [0.05, 0.1) is 13.7 Å². The number of hydrogen-bond acceptors (Lipinski definition) is 7. The highest BCUT2D eigenvalue weighted by Gasteiger charge is 2.25. The highest BCUT2D eigenvalue weighted by Crippen LogP contribution is 2.35. The van der Waals surface area contributed by atoms with Gasteiger partial charge in [0.25, 0.3) is 0 Å². The summed E-state index contributed by atoms with van der Waals surface area (Å²) in [6, 6.07) is 0. The third-order valence-electron chi connectivity index (χ3n) is 2.06. The van der Waals surface area contributed by atoms with Crippen LogP contribution in [0.5, 0.6) is 0 Å². The zero-order chi connectivity index (χ0) is 13.0. The number of ether oxygens (including phenoxy) is 2. The van der Waals surface area contributed by atoms with Gasteiger partial charge in [-0.2, -0.15) is 4.36 Å². The van der Waals surface area contributed by atoms with Crippen molar-refractivity contribution in [1.29, 1.82) is 0 Å². The van der Waals surface area contributed by atoms with Gasteiger partial charge in [-0.3, -0.25) is 0 Å². The maximum Gasteiger partial charge on any atom is 0.348 e. The fourth-order valence-electron chi connectivity index (χ4n) is 1.30. The van der Waals surface area contributed by atoms with E-state index in [0.717, 1.165) is 11.3 Å². The number of carbonyl (C=O) groups is 2. The van der Waals surface area contributed by atoms with E-state index < -0.39 is 11.9 Å². The van der Waals surface area contributed by atoms with E-state index in [1.165, 1.54) is 7.11 Å². The fraction of sp³-hybridized carbons (Fsp3) is 0.400. The summed E-state index contributed by atoms with van der Waals surface area (Å²) in [6.07, 6.45) is 0. The largest absolute Gasteiger partial charge is 0.465 e. The normalized spacial score (nSPS) is 9.82. The number of thiophene rings is 1. The molecule has 7 heteroatoms. The number of carbonyl (C=O) groups excluding carboxylic acids is 2. The van der Waals surface area contributed by atoms with E-state index in [2.05, 4.69) is 21.5 Å². The van der Waals surface area contributed by atoms with Crippen molar-refractivity contribution in [3.63, 3.8) is 0 Å². The molecule has 0 aliphatic carbocycles. The van der Waals surface area contributed by atoms with Crippen LogP contribution in [0.4, 0.5) is 5.00 Å². The van der Waals surface area contributed by atoms with Crippen molar-refractivity contribution in [3.8, 4) is 0 Å². The number of esters is 2. The van der Waals surface area contributed by atoms with Crippen molar-refractivity contribution in [2.75, 3.05) is 13.7 Å². The van der Waals surface area contributed by atoms with Gasteiger partial charge >= 0.3 is 11.9 Å². The minimum absolute atomic E-state index is 0.232. The number of nitrogens with zero attached hydrogens (tertiary/aromatic N) is 1. The Kier molecular flexibility index (Phi) is 4.71. The fourth-order valence-corrected chi connectivity index (χ4v) is 2.47. The smallest absolute Gasteiger partial charge is 0.348 e. The Morgan fingerprint density at radius 1 is 1.41 bits per heavy atom. The molecule has 0 spiro atoms. The molecule has 0 amide bonds. The molecular formula is C10H11NO4S2. The lowest BCUT2D eigenvalue weighted by Crippen LogP contribution is -2.06. The van der Waals surface area contributed by atoms with Gasteiger partial charge in [-0.05, 0) is 19.4 Å². The highest BCUT2D eigenvalue weighted by atomic mass is 32.1. The standard InChI is InChI=1S/C10H11NO4S2/c1-4-15-10(13)7-5(2)6(9(12)14-3)8(11-16)17-7/h4H2,1-3H3. The molecule has 5 nitrogen and oxygen atoms in total. The molecule has 92 valence electrons. The van der Waals surface area contributed by atoms with Crippen LogP contribution in [0.25, 0.3) is 0 Å². The Bertz CT molecular complexity index is 467. The zero-order valence-electron chi connectivity index (χ0n) is 9.60. The van der Waals surface area contributed by atoms with Gasteiger partial charge in [0.2, 0.25) is 0 Å². The maximum atomic E-state index is 11.6. The van der Waals surface area contributed by atoms with E-state index in [4.69, 9.17) is 4.74 Å². The van der Waals surface area contributed by atoms with Crippen LogP contribution in [0.1, 0.15) is 32.5 Å². The third kappa shape index (κ3) is 2.67. The Morgan fingerprint density at radius 3 is 2.53 bits per heavy atom. The van der Waals surface area contributed by atoms with Crippen LogP contribution in [-0.2, 0) is 21.9 Å². The molecule has 1 aromatic heterocycles. The van der Waals surface area contributed by atoms with Crippen molar-refractivity contribution in [3.05, 3.63) is 16.0 Å². The van der Waals surface area contributed by atoms with Gasteiger partial charge in [-0.1, -0.05) is 0 Å². The Balaban J connectivity index is 3.28. The Labute approximate surface area is 108 Å². The van der Waals surface area contributed by atoms with Crippen molar-refractivity contribution in [1.82, 2.24) is 0 Å². The second-order valence-electron chi connectivity index (χ2n) is 3.04. The third-order valence-corrected chi connectivity index (χ3v) is 3.53. The predicted molar refractivity (Wildman–Crippen MR) is 65.8 cm³/mol. The van der Waals surface area contributed by atoms with Gasteiger partial charge in [-0.25, -0.2) is 9.59 Å². The van der Waals surface area contributed by atoms with E-state index in [1.54, 1.807) is 13.8 Å². The summed E-state index contributed by atoms with van der Waals surface area (Å²) in [6.45, 7) is 3.61. The van der Waals surface area contributed by atoms with Crippen LogP contribution in [0.2, 0.25) is 0 Å². The molecule has 0 saturated heterocycles. The first-order chi connectivity index (χ1) is 8.06. The second-order valence-corrected chi connectivity index (χ2v) is 4.22. The minimum Gasteiger partial charge on any atom is -0.465 e. The van der Waals surface area contributed by atoms with Crippen LogP contribution in [0.15, 0.2) is 4.36 Å². The molecule has 0 saturated carbocycles. The summed E-state index contributed by atoms with van der Waals surface area (Å²) >= 11 is 5.60. The molecule has 0 bridgehead atoms. The molecule has 0 atom stereocenters.